The van der Waals surface area contributed by atoms with Crippen LogP contribution >= 0.6 is 0 Å². The first-order chi connectivity index (χ1) is 15.1. The highest BCUT2D eigenvalue weighted by molar-refractivity contribution is 5.94. The predicted octanol–water partition coefficient (Wildman–Crippen LogP) is 4.16. The van der Waals surface area contributed by atoms with Crippen LogP contribution in [0.3, 0.4) is 0 Å². The first-order valence-electron chi connectivity index (χ1n) is 11.0. The van der Waals surface area contributed by atoms with Crippen LogP contribution in [0, 0.1) is 17.7 Å². The van der Waals surface area contributed by atoms with Crippen LogP contribution in [0.25, 0.3) is 10.9 Å². The van der Waals surface area contributed by atoms with Crippen LogP contribution in [0.1, 0.15) is 13.3 Å². The fraction of sp³-hybridized carbons (Fsp3) is 0.360. The van der Waals surface area contributed by atoms with Crippen LogP contribution in [0.15, 0.2) is 60.8 Å². The molecule has 3 atom stereocenters. The van der Waals surface area contributed by atoms with E-state index in [1.165, 1.54) is 6.07 Å². The summed E-state index contributed by atoms with van der Waals surface area (Å²) in [5.41, 5.74) is 2.71. The third-order valence-corrected chi connectivity index (χ3v) is 6.82. The number of fused-ring (bicyclic) bond motifs is 2. The highest BCUT2D eigenvalue weighted by Gasteiger charge is 2.39. The lowest BCUT2D eigenvalue weighted by Crippen LogP contribution is -2.49. The Balaban J connectivity index is 1.28. The van der Waals surface area contributed by atoms with E-state index in [9.17, 15) is 9.18 Å². The number of nitrogens with zero attached hydrogens (tertiary/aromatic N) is 3. The van der Waals surface area contributed by atoms with Crippen molar-refractivity contribution < 1.29 is 9.18 Å². The number of para-hydroxylation sites is 1. The van der Waals surface area contributed by atoms with Gasteiger partial charge in [0.2, 0.25) is 5.91 Å². The molecule has 0 saturated carbocycles. The molecular formula is C25H27FN4O. The van der Waals surface area contributed by atoms with Crippen LogP contribution in [0.5, 0.6) is 0 Å². The molecule has 2 aliphatic rings. The summed E-state index contributed by atoms with van der Waals surface area (Å²) in [6.45, 7) is 5.71. The molecule has 5 rings (SSSR count). The Kier molecular flexibility index (Phi) is 5.32. The van der Waals surface area contributed by atoms with Crippen LogP contribution < -0.4 is 10.2 Å². The van der Waals surface area contributed by atoms with E-state index in [-0.39, 0.29) is 17.8 Å². The number of anilines is 2. The van der Waals surface area contributed by atoms with Gasteiger partial charge in [-0.2, -0.15) is 0 Å². The molecule has 5 nitrogen and oxygen atoms in total. The highest BCUT2D eigenvalue weighted by atomic mass is 19.1. The van der Waals surface area contributed by atoms with Crippen molar-refractivity contribution >= 4 is 28.2 Å². The summed E-state index contributed by atoms with van der Waals surface area (Å²) in [5, 5.41) is 3.89. The summed E-state index contributed by atoms with van der Waals surface area (Å²) in [6, 6.07) is 16.2. The van der Waals surface area contributed by atoms with Gasteiger partial charge in [-0.15, -0.1) is 0 Å². The van der Waals surface area contributed by atoms with E-state index < -0.39 is 0 Å². The zero-order valence-corrected chi connectivity index (χ0v) is 17.7. The zero-order chi connectivity index (χ0) is 21.4. The van der Waals surface area contributed by atoms with E-state index in [1.807, 2.05) is 43.3 Å². The van der Waals surface area contributed by atoms with Crippen molar-refractivity contribution in [2.75, 3.05) is 36.4 Å². The number of hydrogen-bond donors (Lipinski definition) is 1. The Bertz CT molecular complexity index is 1090. The highest BCUT2D eigenvalue weighted by Crippen LogP contribution is 2.37. The fourth-order valence-electron chi connectivity index (χ4n) is 5.06. The van der Waals surface area contributed by atoms with Crippen LogP contribution in [0.4, 0.5) is 15.8 Å². The van der Waals surface area contributed by atoms with Crippen molar-refractivity contribution in [3.05, 3.63) is 66.6 Å². The topological polar surface area (TPSA) is 48.5 Å². The quantitative estimate of drug-likeness (QED) is 0.691. The fourth-order valence-corrected chi connectivity index (χ4v) is 5.06. The molecule has 3 unspecified atom stereocenters. The van der Waals surface area contributed by atoms with E-state index in [0.717, 1.165) is 54.9 Å². The molecule has 2 fully saturated rings. The molecule has 0 bridgehead atoms. The van der Waals surface area contributed by atoms with Gasteiger partial charge in [-0.25, -0.2) is 4.39 Å². The van der Waals surface area contributed by atoms with E-state index in [4.69, 9.17) is 0 Å². The number of carbonyl (C=O) groups is 1. The average Bonchev–Trinajstić information content (AvgIpc) is 3.22. The van der Waals surface area contributed by atoms with Crippen molar-refractivity contribution in [1.82, 2.24) is 9.88 Å². The van der Waals surface area contributed by atoms with Gasteiger partial charge in [0.25, 0.3) is 0 Å². The number of carbonyl (C=O) groups excluding carboxylic acids is 1. The van der Waals surface area contributed by atoms with E-state index >= 15 is 0 Å². The molecule has 1 aromatic heterocycles. The number of hydrogen-bond acceptors (Lipinski definition) is 4. The number of rotatable bonds is 4. The van der Waals surface area contributed by atoms with Gasteiger partial charge in [-0.1, -0.05) is 18.2 Å². The SMILES string of the molecule is CC(C(=O)Nc1ccccc1)N1CCC2CN(c3ccnc4ccc(F)cc34)CC2C1. The molecule has 0 aliphatic carbocycles. The van der Waals surface area contributed by atoms with Crippen molar-refractivity contribution in [3.63, 3.8) is 0 Å². The molecule has 2 aromatic carbocycles. The zero-order valence-electron chi connectivity index (χ0n) is 17.7. The lowest BCUT2D eigenvalue weighted by atomic mass is 9.88. The molecule has 31 heavy (non-hydrogen) atoms. The number of likely N-dealkylation sites (tertiary alicyclic amines) is 1. The normalized spacial score (nSPS) is 22.3. The number of piperidine rings is 1. The number of aromatic nitrogens is 1. The Morgan fingerprint density at radius 3 is 2.74 bits per heavy atom. The van der Waals surface area contributed by atoms with E-state index in [2.05, 4.69) is 20.1 Å². The van der Waals surface area contributed by atoms with Gasteiger partial charge in [-0.05, 0) is 68.1 Å². The largest absolute Gasteiger partial charge is 0.370 e. The Hall–Kier alpha value is -2.99. The predicted molar refractivity (Wildman–Crippen MR) is 122 cm³/mol. The van der Waals surface area contributed by atoms with Crippen molar-refractivity contribution in [1.29, 1.82) is 0 Å². The summed E-state index contributed by atoms with van der Waals surface area (Å²) >= 11 is 0. The molecular weight excluding hydrogens is 391 g/mol. The molecule has 0 radical (unpaired) electrons. The number of nitrogens with one attached hydrogen (secondary N) is 1. The first kappa shape index (κ1) is 19.9. The summed E-state index contributed by atoms with van der Waals surface area (Å²) < 4.78 is 13.9. The minimum Gasteiger partial charge on any atom is -0.370 e. The third kappa shape index (κ3) is 4.00. The Morgan fingerprint density at radius 2 is 1.90 bits per heavy atom. The van der Waals surface area contributed by atoms with Crippen molar-refractivity contribution in [3.8, 4) is 0 Å². The number of halogens is 1. The summed E-state index contributed by atoms with van der Waals surface area (Å²) in [6.07, 6.45) is 2.88. The van der Waals surface area contributed by atoms with Crippen LogP contribution in [0.2, 0.25) is 0 Å². The Morgan fingerprint density at radius 1 is 1.10 bits per heavy atom. The maximum Gasteiger partial charge on any atom is 0.241 e. The standard InChI is InChI=1S/C25H27FN4O/c1-17(25(31)28-21-5-3-2-4-6-21)29-12-10-18-14-30(16-19(18)15-29)24-9-11-27-23-8-7-20(26)13-22(23)24/h2-9,11,13,17-19H,10,12,14-16H2,1H3,(H,28,31). The van der Waals surface area contributed by atoms with Crippen LogP contribution in [-0.4, -0.2) is 48.0 Å². The summed E-state index contributed by atoms with van der Waals surface area (Å²) in [7, 11) is 0. The molecule has 3 aromatic rings. The lowest BCUT2D eigenvalue weighted by molar-refractivity contribution is -0.121. The second-order valence-electron chi connectivity index (χ2n) is 8.73. The molecule has 3 heterocycles. The minimum absolute atomic E-state index is 0.0371. The second kappa shape index (κ2) is 8.27. The molecule has 2 aliphatic heterocycles. The summed E-state index contributed by atoms with van der Waals surface area (Å²) in [5.74, 6) is 0.896. The maximum atomic E-state index is 13.9. The third-order valence-electron chi connectivity index (χ3n) is 6.82. The summed E-state index contributed by atoms with van der Waals surface area (Å²) in [4.78, 5) is 21.8. The van der Waals surface area contributed by atoms with Gasteiger partial charge in [-0.3, -0.25) is 14.7 Å². The molecule has 160 valence electrons. The molecule has 1 amide bonds. The second-order valence-corrected chi connectivity index (χ2v) is 8.73. The lowest BCUT2D eigenvalue weighted by Gasteiger charge is -2.37. The van der Waals surface area contributed by atoms with Crippen molar-refractivity contribution in [2.45, 2.75) is 19.4 Å². The van der Waals surface area contributed by atoms with E-state index in [0.29, 0.717) is 11.8 Å². The van der Waals surface area contributed by atoms with Gasteiger partial charge in [0.05, 0.1) is 11.6 Å². The molecule has 1 N–H and O–H groups in total. The molecule has 0 spiro atoms. The molecule has 2 saturated heterocycles. The van der Waals surface area contributed by atoms with Gasteiger partial charge in [0.1, 0.15) is 5.82 Å². The van der Waals surface area contributed by atoms with E-state index in [1.54, 1.807) is 18.3 Å². The smallest absolute Gasteiger partial charge is 0.241 e. The van der Waals surface area contributed by atoms with Gasteiger partial charge < -0.3 is 10.2 Å². The first-order valence-corrected chi connectivity index (χ1v) is 11.0. The number of benzene rings is 2. The number of amides is 1. The van der Waals surface area contributed by atoms with Crippen LogP contribution in [-0.2, 0) is 4.79 Å². The minimum atomic E-state index is -0.234. The Labute approximate surface area is 181 Å². The van der Waals surface area contributed by atoms with Gasteiger partial charge >= 0.3 is 0 Å². The van der Waals surface area contributed by atoms with Crippen molar-refractivity contribution in [2.24, 2.45) is 11.8 Å². The average molecular weight is 419 g/mol. The maximum absolute atomic E-state index is 13.9. The number of pyridine rings is 1. The van der Waals surface area contributed by atoms with Gasteiger partial charge in [0, 0.05) is 42.6 Å². The monoisotopic (exact) mass is 418 g/mol. The van der Waals surface area contributed by atoms with Gasteiger partial charge in [0.15, 0.2) is 0 Å². The molecule has 6 heteroatoms.